The van der Waals surface area contributed by atoms with Crippen molar-refractivity contribution in [2.45, 2.75) is 47.2 Å². The Kier molecular flexibility index (Phi) is 6.89. The van der Waals surface area contributed by atoms with Gasteiger partial charge in [-0.3, -0.25) is 0 Å². The predicted molar refractivity (Wildman–Crippen MR) is 110 cm³/mol. The Labute approximate surface area is 179 Å². The molecule has 1 aromatic carbocycles. The van der Waals surface area contributed by atoms with Gasteiger partial charge >= 0.3 is 0 Å². The van der Waals surface area contributed by atoms with Crippen molar-refractivity contribution in [3.8, 4) is 11.4 Å². The molecule has 16 heteroatoms. The standard InChI is InChI=1S/C15H25N9O5S2/c16-6-10(25)7-19-31(28,29)12-4-3-11(20-9-2-1-8(17)5-9)13(14(12)30(18,26)27)15-21-23-24-22-15/h3-4,8-10,19-20,25H,1-2,5-7,16-17H2,(H2,18,26,27)(H,21,22,23,24). The molecule has 1 aliphatic rings. The molecular weight excluding hydrogens is 450 g/mol. The summed E-state index contributed by atoms with van der Waals surface area (Å²) >= 11 is 0. The largest absolute Gasteiger partial charge is 0.390 e. The summed E-state index contributed by atoms with van der Waals surface area (Å²) in [4.78, 5) is -1.32. The lowest BCUT2D eigenvalue weighted by Crippen LogP contribution is -2.37. The number of nitrogens with zero attached hydrogens (tertiary/aromatic N) is 3. The first kappa shape index (κ1) is 23.5. The zero-order valence-corrected chi connectivity index (χ0v) is 18.0. The number of rotatable bonds is 9. The molecule has 0 radical (unpaired) electrons. The fourth-order valence-electron chi connectivity index (χ4n) is 3.40. The van der Waals surface area contributed by atoms with Crippen LogP contribution in [-0.4, -0.2) is 73.8 Å². The van der Waals surface area contributed by atoms with Crippen LogP contribution in [0.15, 0.2) is 21.9 Å². The minimum atomic E-state index is -4.58. The van der Waals surface area contributed by atoms with Gasteiger partial charge in [-0.2, -0.15) is 5.21 Å². The van der Waals surface area contributed by atoms with E-state index in [0.29, 0.717) is 6.42 Å². The number of anilines is 1. The Morgan fingerprint density at radius 3 is 2.55 bits per heavy atom. The van der Waals surface area contributed by atoms with E-state index in [1.54, 1.807) is 0 Å². The first-order chi connectivity index (χ1) is 14.5. The van der Waals surface area contributed by atoms with Gasteiger partial charge in [0, 0.05) is 30.9 Å². The lowest BCUT2D eigenvalue weighted by Gasteiger charge is -2.20. The van der Waals surface area contributed by atoms with E-state index in [0.717, 1.165) is 18.9 Å². The Hall–Kier alpha value is -2.21. The van der Waals surface area contributed by atoms with Gasteiger partial charge in [-0.1, -0.05) is 0 Å². The van der Waals surface area contributed by atoms with Gasteiger partial charge in [0.15, 0.2) is 0 Å². The van der Waals surface area contributed by atoms with Crippen LogP contribution in [0.4, 0.5) is 5.69 Å². The molecule has 0 amide bonds. The zero-order valence-electron chi connectivity index (χ0n) is 16.4. The van der Waals surface area contributed by atoms with Gasteiger partial charge in [0.1, 0.15) is 9.79 Å². The van der Waals surface area contributed by atoms with E-state index in [2.05, 4.69) is 30.7 Å². The second kappa shape index (κ2) is 9.11. The molecule has 3 rings (SSSR count). The number of nitrogens with one attached hydrogen (secondary N) is 3. The normalized spacial score (nSPS) is 20.6. The van der Waals surface area contributed by atoms with Crippen molar-refractivity contribution < 1.29 is 21.9 Å². The van der Waals surface area contributed by atoms with Crippen LogP contribution in [-0.2, 0) is 20.0 Å². The van der Waals surface area contributed by atoms with Crippen molar-refractivity contribution in [1.82, 2.24) is 25.3 Å². The number of aliphatic hydroxyl groups excluding tert-OH is 1. The molecule has 1 aliphatic carbocycles. The lowest BCUT2D eigenvalue weighted by atomic mass is 10.1. The average Bonchev–Trinajstić information content (AvgIpc) is 3.37. The van der Waals surface area contributed by atoms with Gasteiger partial charge < -0.3 is 21.9 Å². The van der Waals surface area contributed by atoms with E-state index in [-0.39, 0.29) is 35.7 Å². The topological polar surface area (TPSA) is 245 Å². The fraction of sp³-hybridized carbons (Fsp3) is 0.533. The summed E-state index contributed by atoms with van der Waals surface area (Å²) in [5.41, 5.74) is 11.4. The summed E-state index contributed by atoms with van der Waals surface area (Å²) in [5.74, 6) is -0.159. The SMILES string of the molecule is NCC(O)CNS(=O)(=O)c1ccc(NC2CCC(N)C2)c(-c2nn[nH]n2)c1S(N)(=O)=O. The number of aromatic nitrogens is 4. The first-order valence-corrected chi connectivity index (χ1v) is 12.4. The fourth-order valence-corrected chi connectivity index (χ4v) is 6.07. The molecule has 3 atom stereocenters. The van der Waals surface area contributed by atoms with Gasteiger partial charge in [-0.15, -0.1) is 10.2 Å². The quantitative estimate of drug-likeness (QED) is 0.198. The van der Waals surface area contributed by atoms with Gasteiger partial charge in [0.2, 0.25) is 25.9 Å². The Morgan fingerprint density at radius 2 is 2.00 bits per heavy atom. The Morgan fingerprint density at radius 1 is 1.26 bits per heavy atom. The molecule has 31 heavy (non-hydrogen) atoms. The molecule has 0 aliphatic heterocycles. The van der Waals surface area contributed by atoms with Crippen LogP contribution in [0.3, 0.4) is 0 Å². The maximum Gasteiger partial charge on any atom is 0.242 e. The Balaban J connectivity index is 2.16. The number of benzene rings is 1. The molecule has 172 valence electrons. The smallest absolute Gasteiger partial charge is 0.242 e. The third-order valence-electron chi connectivity index (χ3n) is 4.88. The van der Waals surface area contributed by atoms with Crippen molar-refractivity contribution in [3.63, 3.8) is 0 Å². The molecule has 1 saturated carbocycles. The molecule has 1 heterocycles. The summed E-state index contributed by atoms with van der Waals surface area (Å²) in [6, 6.07) is 2.45. The van der Waals surface area contributed by atoms with E-state index in [1.165, 1.54) is 6.07 Å². The maximum atomic E-state index is 12.9. The van der Waals surface area contributed by atoms with Crippen LogP contribution in [0, 0.1) is 0 Å². The lowest BCUT2D eigenvalue weighted by molar-refractivity contribution is 0.186. The molecular formula is C15H25N9O5S2. The van der Waals surface area contributed by atoms with E-state index in [4.69, 9.17) is 16.6 Å². The van der Waals surface area contributed by atoms with Crippen LogP contribution in [0.25, 0.3) is 11.4 Å². The second-order valence-corrected chi connectivity index (χ2v) is 10.5. The molecule has 1 aromatic heterocycles. The molecule has 10 N–H and O–H groups in total. The van der Waals surface area contributed by atoms with Gasteiger partial charge in [-0.25, -0.2) is 26.7 Å². The van der Waals surface area contributed by atoms with E-state index >= 15 is 0 Å². The van der Waals surface area contributed by atoms with Gasteiger partial charge in [0.25, 0.3) is 0 Å². The summed E-state index contributed by atoms with van der Waals surface area (Å²) in [6.45, 7) is -0.606. The second-order valence-electron chi connectivity index (χ2n) is 7.25. The highest BCUT2D eigenvalue weighted by Gasteiger charge is 2.33. The molecule has 0 bridgehead atoms. The minimum Gasteiger partial charge on any atom is -0.390 e. The van der Waals surface area contributed by atoms with Crippen LogP contribution in [0.2, 0.25) is 0 Å². The number of H-pyrrole nitrogens is 1. The predicted octanol–water partition coefficient (Wildman–Crippen LogP) is -2.60. The molecule has 0 spiro atoms. The molecule has 14 nitrogen and oxygen atoms in total. The van der Waals surface area contributed by atoms with E-state index in [1.807, 2.05) is 0 Å². The number of aromatic amines is 1. The summed E-state index contributed by atoms with van der Waals surface area (Å²) < 4.78 is 52.9. The summed E-state index contributed by atoms with van der Waals surface area (Å²) in [7, 11) is -8.98. The van der Waals surface area contributed by atoms with Crippen LogP contribution in [0.1, 0.15) is 19.3 Å². The highest BCUT2D eigenvalue weighted by Crippen LogP contribution is 2.37. The Bertz CT molecular complexity index is 1120. The third-order valence-corrected chi connectivity index (χ3v) is 7.47. The van der Waals surface area contributed by atoms with Crippen LogP contribution in [0.5, 0.6) is 0 Å². The monoisotopic (exact) mass is 475 g/mol. The number of primary sulfonamides is 1. The van der Waals surface area contributed by atoms with E-state index < -0.39 is 42.5 Å². The average molecular weight is 476 g/mol. The van der Waals surface area contributed by atoms with Gasteiger partial charge in [0.05, 0.1) is 11.7 Å². The molecule has 1 fully saturated rings. The van der Waals surface area contributed by atoms with Crippen molar-refractivity contribution in [2.24, 2.45) is 16.6 Å². The van der Waals surface area contributed by atoms with Crippen molar-refractivity contribution in [2.75, 3.05) is 18.4 Å². The van der Waals surface area contributed by atoms with Crippen LogP contribution >= 0.6 is 0 Å². The number of sulfonamides is 2. The van der Waals surface area contributed by atoms with Crippen molar-refractivity contribution >= 4 is 25.7 Å². The minimum absolute atomic E-state index is 0.00154. The molecule has 3 unspecified atom stereocenters. The van der Waals surface area contributed by atoms with Crippen LogP contribution < -0.4 is 26.6 Å². The number of tetrazole rings is 1. The van der Waals surface area contributed by atoms with Crippen molar-refractivity contribution in [1.29, 1.82) is 0 Å². The highest BCUT2D eigenvalue weighted by molar-refractivity contribution is 7.92. The van der Waals surface area contributed by atoms with Crippen molar-refractivity contribution in [3.05, 3.63) is 12.1 Å². The third kappa shape index (κ3) is 5.35. The number of hydrogen-bond acceptors (Lipinski definition) is 11. The first-order valence-electron chi connectivity index (χ1n) is 9.36. The molecule has 2 aromatic rings. The maximum absolute atomic E-state index is 12.9. The number of aliphatic hydroxyl groups is 1. The summed E-state index contributed by atoms with van der Waals surface area (Å²) in [6.07, 6.45) is 1.03. The number of nitrogens with two attached hydrogens (primary N) is 3. The summed E-state index contributed by atoms with van der Waals surface area (Å²) in [5, 5.41) is 31.5. The highest BCUT2D eigenvalue weighted by atomic mass is 32.2. The number of hydrogen-bond donors (Lipinski definition) is 7. The van der Waals surface area contributed by atoms with E-state index in [9.17, 15) is 21.9 Å². The molecule has 0 saturated heterocycles. The van der Waals surface area contributed by atoms with Gasteiger partial charge in [-0.05, 0) is 36.6 Å². The zero-order chi connectivity index (χ0) is 22.8.